The Morgan fingerprint density at radius 3 is 2.92 bits per heavy atom. The monoisotopic (exact) mass is 328 g/mol. The van der Waals surface area contributed by atoms with E-state index in [2.05, 4.69) is 23.7 Å². The number of likely N-dealkylation sites (tertiary alicyclic amines) is 1. The molecule has 5 heteroatoms. The second-order valence-electron chi connectivity index (χ2n) is 6.96. The van der Waals surface area contributed by atoms with E-state index in [0.29, 0.717) is 17.8 Å². The smallest absolute Gasteiger partial charge is 0.262 e. The molecule has 5 nitrogen and oxygen atoms in total. The molecule has 2 atom stereocenters. The molecule has 0 amide bonds. The standard InChI is InChI=1S/C19H28N4O/c1-4-7-17(22-11-6-8-14(3)13-22)18-21-16-9-10-20-12-15(16)19(24)23(18)5-2/h9-10,12,14,17H,4-8,11,13H2,1-3H3/t14-,17-/m0/s1. The minimum atomic E-state index is 0.0387. The van der Waals surface area contributed by atoms with Gasteiger partial charge in [-0.3, -0.25) is 19.2 Å². The molecule has 0 unspecified atom stereocenters. The summed E-state index contributed by atoms with van der Waals surface area (Å²) in [5.74, 6) is 1.64. The maximum Gasteiger partial charge on any atom is 0.262 e. The van der Waals surface area contributed by atoms with E-state index in [0.717, 1.165) is 37.3 Å². The maximum atomic E-state index is 12.9. The van der Waals surface area contributed by atoms with Crippen LogP contribution in [0.3, 0.4) is 0 Å². The maximum absolute atomic E-state index is 12.9. The molecule has 1 aliphatic heterocycles. The average Bonchev–Trinajstić information content (AvgIpc) is 2.59. The lowest BCUT2D eigenvalue weighted by Gasteiger charge is -2.37. The Balaban J connectivity index is 2.11. The predicted octanol–water partition coefficient (Wildman–Crippen LogP) is 3.38. The van der Waals surface area contributed by atoms with Crippen LogP contribution in [0.25, 0.3) is 10.9 Å². The molecule has 3 heterocycles. The molecule has 0 saturated carbocycles. The molecule has 0 N–H and O–H groups in total. The third-order valence-electron chi connectivity index (χ3n) is 5.09. The van der Waals surface area contributed by atoms with Crippen molar-refractivity contribution in [3.8, 4) is 0 Å². The largest absolute Gasteiger partial charge is 0.295 e. The molecule has 24 heavy (non-hydrogen) atoms. The molecule has 0 aromatic carbocycles. The number of hydrogen-bond donors (Lipinski definition) is 0. The summed E-state index contributed by atoms with van der Waals surface area (Å²) in [4.78, 5) is 24.4. The lowest BCUT2D eigenvalue weighted by molar-refractivity contribution is 0.115. The first-order valence-electron chi connectivity index (χ1n) is 9.24. The zero-order valence-corrected chi connectivity index (χ0v) is 15.0. The van der Waals surface area contributed by atoms with E-state index in [4.69, 9.17) is 4.98 Å². The molecule has 0 spiro atoms. The van der Waals surface area contributed by atoms with Crippen molar-refractivity contribution in [2.75, 3.05) is 13.1 Å². The van der Waals surface area contributed by atoms with Crippen LogP contribution >= 0.6 is 0 Å². The van der Waals surface area contributed by atoms with Crippen LogP contribution in [0.5, 0.6) is 0 Å². The summed E-state index contributed by atoms with van der Waals surface area (Å²) in [6.07, 6.45) is 8.01. The first-order chi connectivity index (χ1) is 11.7. The summed E-state index contributed by atoms with van der Waals surface area (Å²) in [6, 6.07) is 2.07. The topological polar surface area (TPSA) is 51.0 Å². The summed E-state index contributed by atoms with van der Waals surface area (Å²) in [5.41, 5.74) is 0.803. The Kier molecular flexibility index (Phi) is 5.29. The van der Waals surface area contributed by atoms with E-state index in [1.165, 1.54) is 12.8 Å². The van der Waals surface area contributed by atoms with Gasteiger partial charge in [0.1, 0.15) is 5.82 Å². The van der Waals surface area contributed by atoms with E-state index in [-0.39, 0.29) is 11.6 Å². The number of aromatic nitrogens is 3. The minimum Gasteiger partial charge on any atom is -0.295 e. The highest BCUT2D eigenvalue weighted by Gasteiger charge is 2.28. The lowest BCUT2D eigenvalue weighted by atomic mass is 9.97. The number of fused-ring (bicyclic) bond motifs is 1. The normalized spacial score (nSPS) is 20.4. The Morgan fingerprint density at radius 1 is 1.38 bits per heavy atom. The molecule has 1 fully saturated rings. The van der Waals surface area contributed by atoms with Crippen LogP contribution in [0, 0.1) is 5.92 Å². The fourth-order valence-corrected chi connectivity index (χ4v) is 3.90. The van der Waals surface area contributed by atoms with E-state index in [1.807, 2.05) is 17.6 Å². The molecule has 0 bridgehead atoms. The number of pyridine rings is 1. The quantitative estimate of drug-likeness (QED) is 0.844. The van der Waals surface area contributed by atoms with Crippen LogP contribution in [0.4, 0.5) is 0 Å². The van der Waals surface area contributed by atoms with Gasteiger partial charge in [0.15, 0.2) is 0 Å². The first-order valence-corrected chi connectivity index (χ1v) is 9.24. The van der Waals surface area contributed by atoms with Gasteiger partial charge in [-0.25, -0.2) is 4.98 Å². The van der Waals surface area contributed by atoms with Gasteiger partial charge in [-0.2, -0.15) is 0 Å². The Labute approximate surface area is 143 Å². The van der Waals surface area contributed by atoms with E-state index < -0.39 is 0 Å². The SMILES string of the molecule is CCC[C@@H](c1nc2ccncc2c(=O)n1CC)N1CCC[C@H](C)C1. The molecule has 3 rings (SSSR count). The van der Waals surface area contributed by atoms with Gasteiger partial charge in [0.05, 0.1) is 16.9 Å². The van der Waals surface area contributed by atoms with E-state index >= 15 is 0 Å². The second-order valence-corrected chi connectivity index (χ2v) is 6.96. The minimum absolute atomic E-state index is 0.0387. The van der Waals surface area contributed by atoms with Crippen LogP contribution in [0.15, 0.2) is 23.3 Å². The van der Waals surface area contributed by atoms with Crippen molar-refractivity contribution in [3.63, 3.8) is 0 Å². The van der Waals surface area contributed by atoms with Gasteiger partial charge < -0.3 is 0 Å². The highest BCUT2D eigenvalue weighted by atomic mass is 16.1. The van der Waals surface area contributed by atoms with Crippen LogP contribution in [0.2, 0.25) is 0 Å². The van der Waals surface area contributed by atoms with Crippen molar-refractivity contribution in [1.29, 1.82) is 0 Å². The molecule has 2 aromatic rings. The summed E-state index contributed by atoms with van der Waals surface area (Å²) < 4.78 is 1.85. The molecule has 130 valence electrons. The number of piperidine rings is 1. The zero-order valence-electron chi connectivity index (χ0n) is 15.0. The van der Waals surface area contributed by atoms with Crippen molar-refractivity contribution in [3.05, 3.63) is 34.6 Å². The molecular formula is C19H28N4O. The van der Waals surface area contributed by atoms with Crippen molar-refractivity contribution < 1.29 is 0 Å². The Morgan fingerprint density at radius 2 is 2.21 bits per heavy atom. The van der Waals surface area contributed by atoms with Gasteiger partial charge in [0, 0.05) is 25.5 Å². The Bertz CT molecular complexity index is 755. The molecular weight excluding hydrogens is 300 g/mol. The molecule has 0 radical (unpaired) electrons. The third kappa shape index (κ3) is 3.22. The number of nitrogens with zero attached hydrogens (tertiary/aromatic N) is 4. The summed E-state index contributed by atoms with van der Waals surface area (Å²) in [6.45, 7) is 9.40. The fourth-order valence-electron chi connectivity index (χ4n) is 3.90. The summed E-state index contributed by atoms with van der Waals surface area (Å²) in [5, 5.41) is 0.616. The zero-order chi connectivity index (χ0) is 17.1. The highest BCUT2D eigenvalue weighted by molar-refractivity contribution is 5.76. The highest BCUT2D eigenvalue weighted by Crippen LogP contribution is 2.29. The van der Waals surface area contributed by atoms with Crippen molar-refractivity contribution in [2.24, 2.45) is 5.92 Å². The van der Waals surface area contributed by atoms with Crippen molar-refractivity contribution in [1.82, 2.24) is 19.4 Å². The molecule has 2 aromatic heterocycles. The van der Waals surface area contributed by atoms with Crippen LogP contribution in [-0.2, 0) is 6.54 Å². The molecule has 1 saturated heterocycles. The van der Waals surface area contributed by atoms with Crippen LogP contribution < -0.4 is 5.56 Å². The van der Waals surface area contributed by atoms with Crippen molar-refractivity contribution in [2.45, 2.75) is 59.0 Å². The van der Waals surface area contributed by atoms with E-state index in [1.54, 1.807) is 12.4 Å². The van der Waals surface area contributed by atoms with E-state index in [9.17, 15) is 4.79 Å². The summed E-state index contributed by atoms with van der Waals surface area (Å²) in [7, 11) is 0. The van der Waals surface area contributed by atoms with Gasteiger partial charge >= 0.3 is 0 Å². The number of hydrogen-bond acceptors (Lipinski definition) is 4. The lowest BCUT2D eigenvalue weighted by Crippen LogP contribution is -2.40. The van der Waals surface area contributed by atoms with Crippen LogP contribution in [0.1, 0.15) is 58.3 Å². The molecule has 1 aliphatic rings. The first kappa shape index (κ1) is 17.1. The number of rotatable bonds is 5. The summed E-state index contributed by atoms with van der Waals surface area (Å²) >= 11 is 0. The van der Waals surface area contributed by atoms with Gasteiger partial charge in [-0.1, -0.05) is 20.3 Å². The van der Waals surface area contributed by atoms with Gasteiger partial charge in [-0.05, 0) is 44.7 Å². The van der Waals surface area contributed by atoms with Crippen molar-refractivity contribution >= 4 is 10.9 Å². The third-order valence-corrected chi connectivity index (χ3v) is 5.09. The van der Waals surface area contributed by atoms with Gasteiger partial charge in [0.2, 0.25) is 0 Å². The van der Waals surface area contributed by atoms with Gasteiger partial charge in [0.25, 0.3) is 5.56 Å². The average molecular weight is 328 g/mol. The van der Waals surface area contributed by atoms with Crippen LogP contribution in [-0.4, -0.2) is 32.5 Å². The predicted molar refractivity (Wildman–Crippen MR) is 97.1 cm³/mol. The van der Waals surface area contributed by atoms with Gasteiger partial charge in [-0.15, -0.1) is 0 Å². The fraction of sp³-hybridized carbons (Fsp3) is 0.632. The molecule has 0 aliphatic carbocycles. The second kappa shape index (κ2) is 7.43. The Hall–Kier alpha value is -1.75.